The average molecular weight is 739 g/mol. The number of rotatable bonds is 5. The normalized spacial score (nSPS) is 14.6. The summed E-state index contributed by atoms with van der Waals surface area (Å²) in [7, 11) is 0. The number of aromatic nitrogens is 4. The van der Waals surface area contributed by atoms with Crippen LogP contribution in [0.15, 0.2) is 206 Å². The van der Waals surface area contributed by atoms with Crippen LogP contribution in [0.1, 0.15) is 22.3 Å². The van der Waals surface area contributed by atoms with Gasteiger partial charge in [-0.05, 0) is 62.0 Å². The van der Waals surface area contributed by atoms with Crippen LogP contribution in [-0.2, 0) is 5.41 Å². The zero-order chi connectivity index (χ0) is 38.2. The minimum absolute atomic E-state index is 0.640. The number of benzene rings is 9. The molecule has 0 aliphatic carbocycles. The first-order valence-corrected chi connectivity index (χ1v) is 19.8. The van der Waals surface area contributed by atoms with E-state index >= 15 is 0 Å². The van der Waals surface area contributed by atoms with E-state index < -0.39 is 5.41 Å². The van der Waals surface area contributed by atoms with Crippen molar-refractivity contribution in [2.75, 3.05) is 0 Å². The number of hydrogen-bond acceptors (Lipinski definition) is 3. The summed E-state index contributed by atoms with van der Waals surface area (Å²) in [5, 5.41) is 7.16. The fourth-order valence-electron chi connectivity index (χ4n) is 9.63. The van der Waals surface area contributed by atoms with Crippen molar-refractivity contribution < 1.29 is 0 Å². The molecule has 0 spiro atoms. The predicted molar refractivity (Wildman–Crippen MR) is 237 cm³/mol. The molecule has 1 aliphatic rings. The van der Waals surface area contributed by atoms with Gasteiger partial charge in [-0.15, -0.1) is 0 Å². The highest BCUT2D eigenvalue weighted by atomic mass is 15.0. The second kappa shape index (κ2) is 12.7. The van der Waals surface area contributed by atoms with Gasteiger partial charge in [0.05, 0.1) is 22.1 Å². The van der Waals surface area contributed by atoms with E-state index in [0.29, 0.717) is 17.5 Å². The van der Waals surface area contributed by atoms with E-state index in [9.17, 15) is 0 Å². The summed E-state index contributed by atoms with van der Waals surface area (Å²) in [4.78, 5) is 15.4. The Hall–Kier alpha value is -7.69. The highest BCUT2D eigenvalue weighted by molar-refractivity contribution is 6.13. The first kappa shape index (κ1) is 32.5. The standard InChI is InChI=1S/C54H34N4/c1-3-17-36(18-4-1)51-55-52(37-19-5-2-6-20-37)57-53(56-51)44-32-33-45(41-23-10-9-22-40(41)44)54(39-31-30-35-16-7-8-21-38(35)34-39)46-26-12-14-29-49(46)58-48-28-13-11-24-42(48)43-25-15-27-47(54)50(43)58/h1-34H. The first-order chi connectivity index (χ1) is 28.8. The molecule has 11 aromatic rings. The van der Waals surface area contributed by atoms with Crippen LogP contribution in [0.25, 0.3) is 83.2 Å². The molecule has 58 heavy (non-hydrogen) atoms. The molecule has 3 heterocycles. The van der Waals surface area contributed by atoms with Gasteiger partial charge in [0.25, 0.3) is 0 Å². The highest BCUT2D eigenvalue weighted by Gasteiger charge is 2.46. The van der Waals surface area contributed by atoms with E-state index in [-0.39, 0.29) is 0 Å². The van der Waals surface area contributed by atoms with Gasteiger partial charge in [-0.1, -0.05) is 188 Å². The second-order valence-corrected chi connectivity index (χ2v) is 15.1. The monoisotopic (exact) mass is 738 g/mol. The Labute approximate surface area is 335 Å². The van der Waals surface area contributed by atoms with E-state index in [1.54, 1.807) is 0 Å². The van der Waals surface area contributed by atoms with Gasteiger partial charge in [-0.3, -0.25) is 0 Å². The molecule has 1 unspecified atom stereocenters. The largest absolute Gasteiger partial charge is 0.309 e. The van der Waals surface area contributed by atoms with Crippen molar-refractivity contribution in [3.8, 4) is 39.9 Å². The van der Waals surface area contributed by atoms with Gasteiger partial charge in [0, 0.05) is 27.5 Å². The zero-order valence-corrected chi connectivity index (χ0v) is 31.4. The van der Waals surface area contributed by atoms with Crippen LogP contribution in [0.2, 0.25) is 0 Å². The molecule has 0 amide bonds. The molecule has 270 valence electrons. The van der Waals surface area contributed by atoms with E-state index in [4.69, 9.17) is 15.0 Å². The SMILES string of the molecule is c1ccc(-c2nc(-c3ccccc3)nc(-c3ccc(C4(c5ccc6ccccc6c5)c5ccccc5-n5c6ccccc6c6cccc4c65)c4ccccc34)n2)cc1. The van der Waals surface area contributed by atoms with Gasteiger partial charge in [-0.2, -0.15) is 0 Å². The molecular weight excluding hydrogens is 705 g/mol. The number of para-hydroxylation sites is 3. The van der Waals surface area contributed by atoms with Gasteiger partial charge in [0.1, 0.15) is 0 Å². The maximum atomic E-state index is 5.20. The third-order valence-corrected chi connectivity index (χ3v) is 12.1. The van der Waals surface area contributed by atoms with Crippen LogP contribution in [-0.4, -0.2) is 19.5 Å². The molecule has 4 heteroatoms. The predicted octanol–water partition coefficient (Wildman–Crippen LogP) is 13.0. The molecule has 0 radical (unpaired) electrons. The Morgan fingerprint density at radius 1 is 0.362 bits per heavy atom. The summed E-state index contributed by atoms with van der Waals surface area (Å²) >= 11 is 0. The van der Waals surface area contributed by atoms with E-state index in [0.717, 1.165) is 27.5 Å². The average Bonchev–Trinajstić information content (AvgIpc) is 3.65. The molecule has 0 N–H and O–H groups in total. The Morgan fingerprint density at radius 3 is 1.72 bits per heavy atom. The Kier molecular flexibility index (Phi) is 7.11. The first-order valence-electron chi connectivity index (χ1n) is 19.8. The fourth-order valence-corrected chi connectivity index (χ4v) is 9.63. The molecule has 0 bridgehead atoms. The van der Waals surface area contributed by atoms with Crippen molar-refractivity contribution in [2.24, 2.45) is 0 Å². The minimum atomic E-state index is -0.688. The van der Waals surface area contributed by atoms with Crippen molar-refractivity contribution >= 4 is 43.4 Å². The van der Waals surface area contributed by atoms with Gasteiger partial charge in [-0.25, -0.2) is 15.0 Å². The lowest BCUT2D eigenvalue weighted by molar-refractivity contribution is 0.735. The van der Waals surface area contributed by atoms with Gasteiger partial charge < -0.3 is 4.57 Å². The van der Waals surface area contributed by atoms with Crippen molar-refractivity contribution in [1.29, 1.82) is 0 Å². The zero-order valence-electron chi connectivity index (χ0n) is 31.4. The quantitative estimate of drug-likeness (QED) is 0.177. The maximum Gasteiger partial charge on any atom is 0.164 e. The van der Waals surface area contributed by atoms with Crippen LogP contribution in [0, 0.1) is 0 Å². The molecule has 0 saturated heterocycles. The molecule has 4 nitrogen and oxygen atoms in total. The van der Waals surface area contributed by atoms with E-state index in [1.165, 1.54) is 60.5 Å². The summed E-state index contributed by atoms with van der Waals surface area (Å²) in [6.07, 6.45) is 0. The number of nitrogens with zero attached hydrogens (tertiary/aromatic N) is 4. The van der Waals surface area contributed by atoms with E-state index in [2.05, 4.69) is 174 Å². The topological polar surface area (TPSA) is 43.6 Å². The Bertz CT molecular complexity index is 3350. The third kappa shape index (κ3) is 4.66. The summed E-state index contributed by atoms with van der Waals surface area (Å²) in [6, 6.07) is 74.2. The van der Waals surface area contributed by atoms with Gasteiger partial charge in [0.2, 0.25) is 0 Å². The summed E-state index contributed by atoms with van der Waals surface area (Å²) in [6.45, 7) is 0. The fraction of sp³-hybridized carbons (Fsp3) is 0.0185. The second-order valence-electron chi connectivity index (χ2n) is 15.1. The van der Waals surface area contributed by atoms with Crippen LogP contribution in [0.5, 0.6) is 0 Å². The molecule has 0 saturated carbocycles. The smallest absolute Gasteiger partial charge is 0.164 e. The van der Waals surface area contributed by atoms with Crippen LogP contribution < -0.4 is 0 Å². The minimum Gasteiger partial charge on any atom is -0.309 e. The van der Waals surface area contributed by atoms with Crippen LogP contribution in [0.3, 0.4) is 0 Å². The van der Waals surface area contributed by atoms with Gasteiger partial charge >= 0.3 is 0 Å². The van der Waals surface area contributed by atoms with Crippen LogP contribution >= 0.6 is 0 Å². The van der Waals surface area contributed by atoms with Crippen molar-refractivity contribution in [1.82, 2.24) is 19.5 Å². The van der Waals surface area contributed by atoms with Crippen LogP contribution in [0.4, 0.5) is 0 Å². The van der Waals surface area contributed by atoms with E-state index in [1.807, 2.05) is 36.4 Å². The third-order valence-electron chi connectivity index (χ3n) is 12.1. The molecule has 2 aromatic heterocycles. The molecule has 12 rings (SSSR count). The van der Waals surface area contributed by atoms with Crippen molar-refractivity contribution in [3.63, 3.8) is 0 Å². The summed E-state index contributed by atoms with van der Waals surface area (Å²) in [5.41, 5.74) is 10.7. The Balaban J connectivity index is 1.21. The van der Waals surface area contributed by atoms with Crippen molar-refractivity contribution in [2.45, 2.75) is 5.41 Å². The van der Waals surface area contributed by atoms with Gasteiger partial charge in [0.15, 0.2) is 17.5 Å². The molecule has 9 aromatic carbocycles. The molecule has 1 atom stereocenters. The lowest BCUT2D eigenvalue weighted by atomic mass is 9.62. The highest BCUT2D eigenvalue weighted by Crippen LogP contribution is 2.56. The maximum absolute atomic E-state index is 5.20. The molecule has 1 aliphatic heterocycles. The molecule has 0 fully saturated rings. The number of fused-ring (bicyclic) bond motifs is 7. The summed E-state index contributed by atoms with van der Waals surface area (Å²) in [5.74, 6) is 1.93. The summed E-state index contributed by atoms with van der Waals surface area (Å²) < 4.78 is 2.49. The Morgan fingerprint density at radius 2 is 0.948 bits per heavy atom. The lowest BCUT2D eigenvalue weighted by Crippen LogP contribution is -2.35. The lowest BCUT2D eigenvalue weighted by Gasteiger charge is -2.42. The number of hydrogen-bond donors (Lipinski definition) is 0. The molecular formula is C54H34N4. The van der Waals surface area contributed by atoms with Crippen molar-refractivity contribution in [3.05, 3.63) is 229 Å².